The van der Waals surface area contributed by atoms with Crippen molar-refractivity contribution in [3.63, 3.8) is 0 Å². The van der Waals surface area contributed by atoms with E-state index >= 15 is 0 Å². The summed E-state index contributed by atoms with van der Waals surface area (Å²) in [6.45, 7) is 1.08. The molecular weight excluding hydrogens is 266 g/mol. The predicted molar refractivity (Wildman–Crippen MR) is 78.4 cm³/mol. The van der Waals surface area contributed by atoms with Gasteiger partial charge in [-0.1, -0.05) is 30.3 Å². The summed E-state index contributed by atoms with van der Waals surface area (Å²) in [5.41, 5.74) is 1.68. The van der Waals surface area contributed by atoms with Crippen molar-refractivity contribution in [2.75, 3.05) is 18.0 Å². The monoisotopic (exact) mass is 281 g/mol. The molecule has 5 heteroatoms. The fourth-order valence-electron chi connectivity index (χ4n) is 2.45. The van der Waals surface area contributed by atoms with E-state index in [0.29, 0.717) is 12.2 Å². The molecule has 1 fully saturated rings. The maximum Gasteiger partial charge on any atom is 0.247 e. The second kappa shape index (κ2) is 5.85. The Bertz CT molecular complexity index is 625. The Morgan fingerprint density at radius 1 is 0.905 bits per heavy atom. The first-order valence-electron chi connectivity index (χ1n) is 6.76. The van der Waals surface area contributed by atoms with E-state index in [1.807, 2.05) is 35.2 Å². The van der Waals surface area contributed by atoms with E-state index in [4.69, 9.17) is 0 Å². The highest BCUT2D eigenvalue weighted by Gasteiger charge is 2.31. The molecule has 0 unspecified atom stereocenters. The van der Waals surface area contributed by atoms with Crippen LogP contribution in [0.5, 0.6) is 0 Å². The van der Waals surface area contributed by atoms with Crippen molar-refractivity contribution < 1.29 is 9.59 Å². The van der Waals surface area contributed by atoms with Gasteiger partial charge >= 0.3 is 0 Å². The van der Waals surface area contributed by atoms with Gasteiger partial charge in [0.1, 0.15) is 0 Å². The molecule has 1 aromatic carbocycles. The van der Waals surface area contributed by atoms with E-state index in [9.17, 15) is 9.59 Å². The van der Waals surface area contributed by atoms with E-state index in [1.165, 1.54) is 4.90 Å². The molecule has 0 N–H and O–H groups in total. The number of carbonyl (C=O) groups is 2. The van der Waals surface area contributed by atoms with Crippen LogP contribution in [0, 0.1) is 0 Å². The SMILES string of the molecule is O=C1CN(Cc2ccccc2)CC(=O)N1c1ccncc1. The van der Waals surface area contributed by atoms with Crippen LogP contribution in [0.25, 0.3) is 0 Å². The predicted octanol–water partition coefficient (Wildman–Crippen LogP) is 1.46. The molecule has 0 aliphatic carbocycles. The average Bonchev–Trinajstić information content (AvgIpc) is 2.49. The van der Waals surface area contributed by atoms with Gasteiger partial charge in [-0.05, 0) is 17.7 Å². The van der Waals surface area contributed by atoms with Gasteiger partial charge in [0.05, 0.1) is 18.8 Å². The number of rotatable bonds is 3. The number of pyridine rings is 1. The van der Waals surface area contributed by atoms with Gasteiger partial charge in [-0.2, -0.15) is 0 Å². The first-order chi connectivity index (χ1) is 10.2. The fourth-order valence-corrected chi connectivity index (χ4v) is 2.45. The van der Waals surface area contributed by atoms with E-state index < -0.39 is 0 Å². The first kappa shape index (κ1) is 13.5. The third kappa shape index (κ3) is 2.98. The van der Waals surface area contributed by atoms with Gasteiger partial charge in [0.15, 0.2) is 0 Å². The number of nitrogens with zero attached hydrogens (tertiary/aromatic N) is 3. The van der Waals surface area contributed by atoms with Crippen LogP contribution in [0.1, 0.15) is 5.56 Å². The number of anilines is 1. The molecule has 2 aromatic rings. The van der Waals surface area contributed by atoms with Gasteiger partial charge in [0.25, 0.3) is 0 Å². The Balaban J connectivity index is 1.73. The summed E-state index contributed by atoms with van der Waals surface area (Å²) in [7, 11) is 0. The number of piperazine rings is 1. The minimum absolute atomic E-state index is 0.201. The van der Waals surface area contributed by atoms with E-state index in [2.05, 4.69) is 4.98 Å². The molecule has 2 amide bonds. The Hall–Kier alpha value is -2.53. The molecule has 0 radical (unpaired) electrons. The van der Waals surface area contributed by atoms with E-state index in [-0.39, 0.29) is 24.9 Å². The summed E-state index contributed by atoms with van der Waals surface area (Å²) in [6.07, 6.45) is 3.15. The third-order valence-corrected chi connectivity index (χ3v) is 3.39. The van der Waals surface area contributed by atoms with Gasteiger partial charge < -0.3 is 0 Å². The Kier molecular flexibility index (Phi) is 3.75. The molecule has 2 heterocycles. The van der Waals surface area contributed by atoms with Crippen LogP contribution in [0.3, 0.4) is 0 Å². The molecule has 0 spiro atoms. The summed E-state index contributed by atoms with van der Waals surface area (Å²) in [6, 6.07) is 13.2. The van der Waals surface area contributed by atoms with E-state index in [0.717, 1.165) is 5.56 Å². The highest BCUT2D eigenvalue weighted by atomic mass is 16.2. The molecule has 106 valence electrons. The molecule has 5 nitrogen and oxygen atoms in total. The van der Waals surface area contributed by atoms with Gasteiger partial charge in [0.2, 0.25) is 11.8 Å². The molecule has 21 heavy (non-hydrogen) atoms. The van der Waals surface area contributed by atoms with Crippen LogP contribution in [-0.4, -0.2) is 34.8 Å². The summed E-state index contributed by atoms with van der Waals surface area (Å²) in [5.74, 6) is -0.401. The largest absolute Gasteiger partial charge is 0.281 e. The molecule has 1 aliphatic heterocycles. The summed E-state index contributed by atoms with van der Waals surface area (Å²) >= 11 is 0. The molecule has 1 aromatic heterocycles. The molecule has 1 aliphatic rings. The number of amides is 2. The lowest BCUT2D eigenvalue weighted by molar-refractivity contribution is -0.132. The van der Waals surface area contributed by atoms with Gasteiger partial charge in [0, 0.05) is 18.9 Å². The molecule has 0 atom stereocenters. The average molecular weight is 281 g/mol. The number of benzene rings is 1. The van der Waals surface area contributed by atoms with Crippen molar-refractivity contribution in [3.05, 3.63) is 60.4 Å². The lowest BCUT2D eigenvalue weighted by Crippen LogP contribution is -2.53. The first-order valence-corrected chi connectivity index (χ1v) is 6.76. The number of aromatic nitrogens is 1. The zero-order valence-electron chi connectivity index (χ0n) is 11.5. The standard InChI is InChI=1S/C16H15N3O2/c20-15-11-18(10-13-4-2-1-3-5-13)12-16(21)19(15)14-6-8-17-9-7-14/h1-9H,10-12H2. The Labute approximate surface area is 122 Å². The maximum absolute atomic E-state index is 12.2. The van der Waals surface area contributed by atoms with Gasteiger partial charge in [-0.3, -0.25) is 19.5 Å². The minimum atomic E-state index is -0.201. The van der Waals surface area contributed by atoms with Gasteiger partial charge in [-0.25, -0.2) is 4.90 Å². The second-order valence-electron chi connectivity index (χ2n) is 4.96. The quantitative estimate of drug-likeness (QED) is 0.799. The van der Waals surface area contributed by atoms with Crippen LogP contribution in [0.15, 0.2) is 54.9 Å². The third-order valence-electron chi connectivity index (χ3n) is 3.39. The number of hydrogen-bond acceptors (Lipinski definition) is 4. The van der Waals surface area contributed by atoms with Crippen molar-refractivity contribution in [3.8, 4) is 0 Å². The fraction of sp³-hybridized carbons (Fsp3) is 0.188. The second-order valence-corrected chi connectivity index (χ2v) is 4.96. The lowest BCUT2D eigenvalue weighted by Gasteiger charge is -2.32. The normalized spacial score (nSPS) is 16.3. The van der Waals surface area contributed by atoms with Crippen molar-refractivity contribution in [2.45, 2.75) is 6.54 Å². The van der Waals surface area contributed by atoms with Crippen LogP contribution >= 0.6 is 0 Å². The smallest absolute Gasteiger partial charge is 0.247 e. The lowest BCUT2D eigenvalue weighted by atomic mass is 10.2. The Morgan fingerprint density at radius 2 is 1.52 bits per heavy atom. The molecular formula is C16H15N3O2. The molecule has 0 saturated carbocycles. The molecule has 0 bridgehead atoms. The molecule has 1 saturated heterocycles. The number of hydrogen-bond donors (Lipinski definition) is 0. The number of imide groups is 1. The van der Waals surface area contributed by atoms with Crippen LogP contribution in [0.4, 0.5) is 5.69 Å². The van der Waals surface area contributed by atoms with Gasteiger partial charge in [-0.15, -0.1) is 0 Å². The van der Waals surface area contributed by atoms with Crippen molar-refractivity contribution in [2.24, 2.45) is 0 Å². The molecule has 3 rings (SSSR count). The van der Waals surface area contributed by atoms with Crippen molar-refractivity contribution in [1.82, 2.24) is 9.88 Å². The van der Waals surface area contributed by atoms with Crippen LogP contribution < -0.4 is 4.90 Å². The zero-order valence-corrected chi connectivity index (χ0v) is 11.5. The summed E-state index contributed by atoms with van der Waals surface area (Å²) in [4.78, 5) is 31.5. The topological polar surface area (TPSA) is 53.5 Å². The zero-order chi connectivity index (χ0) is 14.7. The van der Waals surface area contributed by atoms with E-state index in [1.54, 1.807) is 24.5 Å². The highest BCUT2D eigenvalue weighted by Crippen LogP contribution is 2.18. The van der Waals surface area contributed by atoms with Crippen LogP contribution in [-0.2, 0) is 16.1 Å². The summed E-state index contributed by atoms with van der Waals surface area (Å²) in [5, 5.41) is 0. The number of carbonyl (C=O) groups excluding carboxylic acids is 2. The van der Waals surface area contributed by atoms with Crippen molar-refractivity contribution >= 4 is 17.5 Å². The van der Waals surface area contributed by atoms with Crippen molar-refractivity contribution in [1.29, 1.82) is 0 Å². The maximum atomic E-state index is 12.2. The Morgan fingerprint density at radius 3 is 2.14 bits per heavy atom. The minimum Gasteiger partial charge on any atom is -0.281 e. The summed E-state index contributed by atoms with van der Waals surface area (Å²) < 4.78 is 0. The highest BCUT2D eigenvalue weighted by molar-refractivity contribution is 6.17. The van der Waals surface area contributed by atoms with Crippen LogP contribution in [0.2, 0.25) is 0 Å².